The predicted octanol–water partition coefficient (Wildman–Crippen LogP) is -0.509. The molecule has 2 aliphatic heterocycles. The second-order valence-electron chi connectivity index (χ2n) is 5.04. The maximum absolute atomic E-state index is 11.6. The molecule has 2 rings (SSSR count). The van der Waals surface area contributed by atoms with Crippen LogP contribution in [-0.4, -0.2) is 51.8 Å². The fourth-order valence-electron chi connectivity index (χ4n) is 3.07. The van der Waals surface area contributed by atoms with E-state index in [1.165, 1.54) is 6.26 Å². The fourth-order valence-corrected chi connectivity index (χ4v) is 5.34. The molecule has 1 N–H and O–H groups in total. The molecule has 2 bridgehead atoms. The van der Waals surface area contributed by atoms with Gasteiger partial charge in [-0.15, -0.1) is 0 Å². The van der Waals surface area contributed by atoms with Crippen LogP contribution in [0.15, 0.2) is 0 Å². The number of piperidine rings is 1. The molecule has 2 fully saturated rings. The van der Waals surface area contributed by atoms with Crippen LogP contribution >= 0.6 is 0 Å². The van der Waals surface area contributed by atoms with Crippen molar-refractivity contribution in [2.24, 2.45) is 0 Å². The number of fused-ring (bicyclic) bond motifs is 2. The summed E-state index contributed by atoms with van der Waals surface area (Å²) in [5.74, 6) is 0. The molecule has 2 heterocycles. The van der Waals surface area contributed by atoms with Crippen LogP contribution in [0.4, 0.5) is 0 Å². The average Bonchev–Trinajstić information content (AvgIpc) is 2.35. The summed E-state index contributed by atoms with van der Waals surface area (Å²) in [5.41, 5.74) is 0. The van der Waals surface area contributed by atoms with Gasteiger partial charge in [-0.05, 0) is 25.7 Å². The number of sulfonamides is 2. The Morgan fingerprint density at radius 2 is 1.47 bits per heavy atom. The average molecular weight is 282 g/mol. The largest absolute Gasteiger partial charge is 0.213 e. The van der Waals surface area contributed by atoms with E-state index >= 15 is 0 Å². The summed E-state index contributed by atoms with van der Waals surface area (Å²) in [6.07, 6.45) is 5.19. The molecule has 0 spiro atoms. The predicted molar refractivity (Wildman–Crippen MR) is 64.5 cm³/mol. The van der Waals surface area contributed by atoms with Crippen molar-refractivity contribution in [2.75, 3.05) is 12.5 Å². The maximum Gasteiger partial charge on any atom is 0.211 e. The summed E-state index contributed by atoms with van der Waals surface area (Å²) < 4.78 is 49.7. The zero-order valence-electron chi connectivity index (χ0n) is 9.96. The molecule has 2 unspecified atom stereocenters. The van der Waals surface area contributed by atoms with Crippen LogP contribution in [0.3, 0.4) is 0 Å². The summed E-state index contributed by atoms with van der Waals surface area (Å²) in [5, 5.41) is 0. The molecule has 8 heteroatoms. The van der Waals surface area contributed by atoms with Crippen molar-refractivity contribution in [1.29, 1.82) is 0 Å². The van der Waals surface area contributed by atoms with Gasteiger partial charge < -0.3 is 0 Å². The Morgan fingerprint density at radius 3 is 1.82 bits per heavy atom. The van der Waals surface area contributed by atoms with Gasteiger partial charge >= 0.3 is 0 Å². The van der Waals surface area contributed by atoms with Crippen molar-refractivity contribution >= 4 is 20.0 Å². The number of rotatable bonds is 3. The lowest BCUT2D eigenvalue weighted by molar-refractivity contribution is 0.221. The second-order valence-corrected chi connectivity index (χ2v) is 8.70. The summed E-state index contributed by atoms with van der Waals surface area (Å²) >= 11 is 0. The van der Waals surface area contributed by atoms with Gasteiger partial charge in [0.1, 0.15) is 0 Å². The van der Waals surface area contributed by atoms with Crippen LogP contribution in [0.25, 0.3) is 0 Å². The zero-order valence-corrected chi connectivity index (χ0v) is 11.6. The van der Waals surface area contributed by atoms with Gasteiger partial charge in [-0.2, -0.15) is 4.31 Å². The van der Waals surface area contributed by atoms with Gasteiger partial charge in [-0.1, -0.05) is 0 Å². The third kappa shape index (κ3) is 2.98. The molecule has 6 nitrogen and oxygen atoms in total. The maximum atomic E-state index is 11.6. The number of hydrogen-bond acceptors (Lipinski definition) is 4. The van der Waals surface area contributed by atoms with Crippen LogP contribution in [0.2, 0.25) is 0 Å². The van der Waals surface area contributed by atoms with Gasteiger partial charge in [-0.25, -0.2) is 21.6 Å². The van der Waals surface area contributed by atoms with Crippen molar-refractivity contribution in [1.82, 2.24) is 9.03 Å². The van der Waals surface area contributed by atoms with E-state index in [-0.39, 0.29) is 18.1 Å². The first-order valence-corrected chi connectivity index (χ1v) is 9.36. The molecule has 0 aromatic heterocycles. The van der Waals surface area contributed by atoms with Gasteiger partial charge in [0, 0.05) is 18.1 Å². The Kier molecular flexibility index (Phi) is 3.26. The van der Waals surface area contributed by atoms with E-state index in [2.05, 4.69) is 4.72 Å². The first-order chi connectivity index (χ1) is 7.67. The molecule has 17 heavy (non-hydrogen) atoms. The zero-order chi connectivity index (χ0) is 12.8. The third-order valence-corrected chi connectivity index (χ3v) is 5.55. The molecule has 0 aliphatic carbocycles. The Labute approximate surface area is 102 Å². The Morgan fingerprint density at radius 1 is 1.00 bits per heavy atom. The van der Waals surface area contributed by atoms with Crippen molar-refractivity contribution in [3.8, 4) is 0 Å². The van der Waals surface area contributed by atoms with E-state index in [4.69, 9.17) is 0 Å². The van der Waals surface area contributed by atoms with Crippen LogP contribution < -0.4 is 4.72 Å². The fraction of sp³-hybridized carbons (Fsp3) is 1.00. The molecule has 0 aromatic rings. The van der Waals surface area contributed by atoms with E-state index in [0.717, 1.165) is 19.1 Å². The number of nitrogens with one attached hydrogen (secondary N) is 1. The monoisotopic (exact) mass is 282 g/mol. The van der Waals surface area contributed by atoms with E-state index in [0.29, 0.717) is 12.8 Å². The topological polar surface area (TPSA) is 83.6 Å². The normalized spacial score (nSPS) is 35.1. The van der Waals surface area contributed by atoms with E-state index < -0.39 is 20.0 Å². The van der Waals surface area contributed by atoms with Gasteiger partial charge in [0.05, 0.1) is 12.5 Å². The Balaban J connectivity index is 2.12. The molecule has 100 valence electrons. The van der Waals surface area contributed by atoms with E-state index in [1.807, 2.05) is 0 Å². The van der Waals surface area contributed by atoms with Crippen LogP contribution in [-0.2, 0) is 20.0 Å². The van der Waals surface area contributed by atoms with Crippen molar-refractivity contribution in [3.63, 3.8) is 0 Å². The smallest absolute Gasteiger partial charge is 0.211 e. The van der Waals surface area contributed by atoms with Crippen molar-refractivity contribution in [2.45, 2.75) is 43.8 Å². The van der Waals surface area contributed by atoms with Crippen LogP contribution in [0.1, 0.15) is 25.7 Å². The number of nitrogens with zero attached hydrogens (tertiary/aromatic N) is 1. The van der Waals surface area contributed by atoms with Crippen LogP contribution in [0.5, 0.6) is 0 Å². The van der Waals surface area contributed by atoms with Crippen molar-refractivity contribution < 1.29 is 16.8 Å². The Hall–Kier alpha value is -0.180. The van der Waals surface area contributed by atoms with E-state index in [9.17, 15) is 16.8 Å². The molecular weight excluding hydrogens is 264 g/mol. The minimum Gasteiger partial charge on any atom is -0.213 e. The molecular formula is C9H18N2O4S2. The quantitative estimate of drug-likeness (QED) is 0.756. The molecule has 0 aromatic carbocycles. The minimum atomic E-state index is -3.21. The van der Waals surface area contributed by atoms with Crippen molar-refractivity contribution in [3.05, 3.63) is 0 Å². The lowest BCUT2D eigenvalue weighted by Gasteiger charge is -2.37. The summed E-state index contributed by atoms with van der Waals surface area (Å²) in [6.45, 7) is 0. The third-order valence-electron chi connectivity index (χ3n) is 3.43. The first-order valence-electron chi connectivity index (χ1n) is 5.62. The molecule has 2 saturated heterocycles. The molecule has 0 amide bonds. The van der Waals surface area contributed by atoms with Gasteiger partial charge in [0.25, 0.3) is 0 Å². The SMILES string of the molecule is CS(=O)(=O)NC1CC2CCC(C1)N2S(C)(=O)=O. The highest BCUT2D eigenvalue weighted by Gasteiger charge is 2.45. The molecule has 2 aliphatic rings. The van der Waals surface area contributed by atoms with Gasteiger partial charge in [0.15, 0.2) is 0 Å². The van der Waals surface area contributed by atoms with E-state index in [1.54, 1.807) is 4.31 Å². The minimum absolute atomic E-state index is 0.0389. The lowest BCUT2D eigenvalue weighted by Crippen LogP contribution is -2.51. The Bertz CT molecular complexity index is 485. The van der Waals surface area contributed by atoms with Gasteiger partial charge in [-0.3, -0.25) is 0 Å². The molecule has 0 radical (unpaired) electrons. The second kappa shape index (κ2) is 4.18. The summed E-state index contributed by atoms with van der Waals surface area (Å²) in [7, 11) is -6.39. The summed E-state index contributed by atoms with van der Waals surface area (Å²) in [4.78, 5) is 0. The molecule has 2 atom stereocenters. The lowest BCUT2D eigenvalue weighted by atomic mass is 10.0. The molecule has 0 saturated carbocycles. The number of hydrogen-bond donors (Lipinski definition) is 1. The first kappa shape index (κ1) is 13.3. The highest BCUT2D eigenvalue weighted by molar-refractivity contribution is 7.88. The standard InChI is InChI=1S/C9H18N2O4S2/c1-16(12,13)10-7-5-8-3-4-9(6-7)11(8)17(2,14)15/h7-10H,3-6H2,1-2H3. The van der Waals surface area contributed by atoms with Crippen LogP contribution in [0, 0.1) is 0 Å². The van der Waals surface area contributed by atoms with Gasteiger partial charge in [0.2, 0.25) is 20.0 Å². The highest BCUT2D eigenvalue weighted by Crippen LogP contribution is 2.37. The summed E-state index contributed by atoms with van der Waals surface area (Å²) in [6, 6.07) is -0.202. The highest BCUT2D eigenvalue weighted by atomic mass is 32.2.